The second-order valence-corrected chi connectivity index (χ2v) is 8.26. The van der Waals surface area contributed by atoms with Crippen molar-refractivity contribution in [3.05, 3.63) is 35.4 Å². The summed E-state index contributed by atoms with van der Waals surface area (Å²) in [6.45, 7) is -0.333. The lowest BCUT2D eigenvalue weighted by Gasteiger charge is -2.43. The molecule has 0 saturated heterocycles. The molecule has 180 valence electrons. The maximum atomic E-state index is 12.5. The van der Waals surface area contributed by atoms with Crippen molar-refractivity contribution in [3.8, 4) is 23.7 Å². The Hall–Kier alpha value is -3.54. The van der Waals surface area contributed by atoms with Gasteiger partial charge in [-0.3, -0.25) is 14.8 Å². The number of nitrogens with one attached hydrogen (secondary N) is 2. The number of halogens is 3. The van der Waals surface area contributed by atoms with Gasteiger partial charge in [0.1, 0.15) is 6.04 Å². The van der Waals surface area contributed by atoms with Gasteiger partial charge in [-0.1, -0.05) is 11.8 Å². The maximum Gasteiger partial charge on any atom is 0.490 e. The van der Waals surface area contributed by atoms with Crippen LogP contribution in [0.3, 0.4) is 0 Å². The zero-order valence-electron chi connectivity index (χ0n) is 17.9. The molecule has 3 atom stereocenters. The van der Waals surface area contributed by atoms with E-state index in [1.807, 2.05) is 0 Å². The SMILES string of the molecule is NC1([C@H](NC(=O)c2ccc(C#CC#C[C@@H]3C[C@H]3COC(=O)C(F)(F)F)cc2)C(=O)NO)CCC1. The molecule has 2 fully saturated rings. The quantitative estimate of drug-likeness (QED) is 0.211. The van der Waals surface area contributed by atoms with E-state index in [0.717, 1.165) is 6.42 Å². The van der Waals surface area contributed by atoms with Gasteiger partial charge in [0.15, 0.2) is 0 Å². The second kappa shape index (κ2) is 10.2. The normalized spacial score (nSPS) is 20.7. The Morgan fingerprint density at radius 1 is 1.21 bits per heavy atom. The number of alkyl halides is 3. The summed E-state index contributed by atoms with van der Waals surface area (Å²) in [6.07, 6.45) is -2.56. The number of hydrogen-bond acceptors (Lipinski definition) is 6. The van der Waals surface area contributed by atoms with Crippen molar-refractivity contribution in [1.82, 2.24) is 10.8 Å². The smallest absolute Gasteiger partial charge is 0.459 e. The largest absolute Gasteiger partial charge is 0.490 e. The summed E-state index contributed by atoms with van der Waals surface area (Å²) >= 11 is 0. The van der Waals surface area contributed by atoms with Crippen LogP contribution in [0.5, 0.6) is 0 Å². The third-order valence-corrected chi connectivity index (χ3v) is 5.76. The number of nitrogens with two attached hydrogens (primary N) is 1. The third kappa shape index (κ3) is 6.28. The number of carbonyl (C=O) groups is 3. The molecule has 3 rings (SSSR count). The number of carbonyl (C=O) groups excluding carboxylic acids is 3. The highest BCUT2D eigenvalue weighted by atomic mass is 19.4. The van der Waals surface area contributed by atoms with E-state index in [1.165, 1.54) is 17.6 Å². The Morgan fingerprint density at radius 3 is 2.44 bits per heavy atom. The molecule has 34 heavy (non-hydrogen) atoms. The number of rotatable bonds is 6. The molecule has 2 saturated carbocycles. The van der Waals surface area contributed by atoms with Gasteiger partial charge in [0, 0.05) is 28.5 Å². The van der Waals surface area contributed by atoms with E-state index in [1.54, 1.807) is 12.1 Å². The van der Waals surface area contributed by atoms with Crippen LogP contribution < -0.4 is 16.5 Å². The monoisotopic (exact) mass is 477 g/mol. The van der Waals surface area contributed by atoms with Crippen molar-refractivity contribution in [1.29, 1.82) is 0 Å². The van der Waals surface area contributed by atoms with Crippen LogP contribution in [0.25, 0.3) is 0 Å². The molecular formula is C23H22F3N3O5. The minimum Gasteiger partial charge on any atom is -0.459 e. The van der Waals surface area contributed by atoms with Crippen molar-refractivity contribution < 1.29 is 37.5 Å². The van der Waals surface area contributed by atoms with E-state index in [0.29, 0.717) is 24.8 Å². The molecule has 11 heteroatoms. The summed E-state index contributed by atoms with van der Waals surface area (Å²) in [4.78, 5) is 35.1. The topological polar surface area (TPSA) is 131 Å². The van der Waals surface area contributed by atoms with Gasteiger partial charge in [-0.15, -0.1) is 0 Å². The molecule has 2 aliphatic carbocycles. The van der Waals surface area contributed by atoms with Crippen LogP contribution >= 0.6 is 0 Å². The molecule has 2 amide bonds. The number of amides is 2. The van der Waals surface area contributed by atoms with Crippen molar-refractivity contribution in [3.63, 3.8) is 0 Å². The Balaban J connectivity index is 1.50. The molecule has 0 aromatic heterocycles. The van der Waals surface area contributed by atoms with E-state index in [2.05, 4.69) is 33.7 Å². The average Bonchev–Trinajstić information content (AvgIpc) is 3.54. The van der Waals surface area contributed by atoms with Gasteiger partial charge in [0.2, 0.25) is 0 Å². The molecule has 0 spiro atoms. The van der Waals surface area contributed by atoms with Gasteiger partial charge in [-0.2, -0.15) is 13.2 Å². The Morgan fingerprint density at radius 2 is 1.88 bits per heavy atom. The summed E-state index contributed by atoms with van der Waals surface area (Å²) in [5, 5.41) is 11.5. The molecule has 0 heterocycles. The van der Waals surface area contributed by atoms with Crippen LogP contribution in [0.15, 0.2) is 24.3 Å². The van der Waals surface area contributed by atoms with Crippen LogP contribution in [0.1, 0.15) is 41.6 Å². The lowest BCUT2D eigenvalue weighted by Crippen LogP contribution is -2.67. The molecule has 2 aliphatic rings. The van der Waals surface area contributed by atoms with E-state index >= 15 is 0 Å². The van der Waals surface area contributed by atoms with Gasteiger partial charge in [0.25, 0.3) is 11.8 Å². The fraction of sp³-hybridized carbons (Fsp3) is 0.435. The van der Waals surface area contributed by atoms with Crippen LogP contribution in [0.4, 0.5) is 13.2 Å². The molecule has 0 bridgehead atoms. The van der Waals surface area contributed by atoms with Crippen LogP contribution in [0, 0.1) is 35.5 Å². The van der Waals surface area contributed by atoms with E-state index in [4.69, 9.17) is 10.9 Å². The van der Waals surface area contributed by atoms with Gasteiger partial charge in [0.05, 0.1) is 6.61 Å². The minimum absolute atomic E-state index is 0.174. The van der Waals surface area contributed by atoms with Gasteiger partial charge < -0.3 is 15.8 Å². The molecular weight excluding hydrogens is 455 g/mol. The summed E-state index contributed by atoms with van der Waals surface area (Å²) in [6, 6.07) is 5.12. The first kappa shape index (κ1) is 25.1. The number of hydrogen-bond donors (Lipinski definition) is 4. The van der Waals surface area contributed by atoms with Crippen molar-refractivity contribution in [2.24, 2.45) is 17.6 Å². The van der Waals surface area contributed by atoms with Gasteiger partial charge in [-0.25, -0.2) is 10.3 Å². The Labute approximate surface area is 193 Å². The summed E-state index contributed by atoms with van der Waals surface area (Å²) < 4.78 is 40.5. The van der Waals surface area contributed by atoms with E-state index in [9.17, 15) is 27.6 Å². The van der Waals surface area contributed by atoms with Gasteiger partial charge >= 0.3 is 12.1 Å². The molecule has 5 N–H and O–H groups in total. The van der Waals surface area contributed by atoms with Crippen LogP contribution in [0.2, 0.25) is 0 Å². The minimum atomic E-state index is -5.00. The van der Waals surface area contributed by atoms with Crippen LogP contribution in [-0.2, 0) is 14.3 Å². The standard InChI is InChI=1S/C23H22F3N3O5/c24-23(25,26)21(32)34-13-17-12-16(17)5-2-1-4-14-6-8-15(9-7-14)19(30)28-18(20(31)29-33)22(27)10-3-11-22/h6-9,16-18,33H,3,10-13,27H2,(H,28,30)(H,29,31)/t16-,17+,18-/m1/s1. The highest BCUT2D eigenvalue weighted by Gasteiger charge is 2.45. The molecule has 0 aliphatic heterocycles. The fourth-order valence-corrected chi connectivity index (χ4v) is 3.43. The van der Waals surface area contributed by atoms with E-state index < -0.39 is 35.5 Å². The predicted molar refractivity (Wildman–Crippen MR) is 112 cm³/mol. The Kier molecular flexibility index (Phi) is 7.50. The molecule has 8 nitrogen and oxygen atoms in total. The Bertz CT molecular complexity index is 1080. The first-order valence-corrected chi connectivity index (χ1v) is 10.4. The lowest BCUT2D eigenvalue weighted by atomic mass is 9.72. The van der Waals surface area contributed by atoms with E-state index in [-0.39, 0.29) is 24.0 Å². The fourth-order valence-electron chi connectivity index (χ4n) is 3.43. The van der Waals surface area contributed by atoms with Crippen molar-refractivity contribution >= 4 is 17.8 Å². The van der Waals surface area contributed by atoms with Crippen molar-refractivity contribution in [2.45, 2.75) is 43.4 Å². The zero-order chi connectivity index (χ0) is 24.9. The van der Waals surface area contributed by atoms with Crippen molar-refractivity contribution in [2.75, 3.05) is 6.61 Å². The molecule has 0 radical (unpaired) electrons. The van der Waals surface area contributed by atoms with Crippen LogP contribution in [-0.4, -0.2) is 47.4 Å². The molecule has 0 unspecified atom stereocenters. The highest BCUT2D eigenvalue weighted by molar-refractivity contribution is 5.98. The number of hydroxylamine groups is 1. The number of ether oxygens (including phenoxy) is 1. The number of esters is 1. The lowest BCUT2D eigenvalue weighted by molar-refractivity contribution is -0.200. The summed E-state index contributed by atoms with van der Waals surface area (Å²) in [5.74, 6) is 6.90. The second-order valence-electron chi connectivity index (χ2n) is 8.26. The highest BCUT2D eigenvalue weighted by Crippen LogP contribution is 2.38. The third-order valence-electron chi connectivity index (χ3n) is 5.76. The number of benzene rings is 1. The maximum absolute atomic E-state index is 12.5. The predicted octanol–water partition coefficient (Wildman–Crippen LogP) is 1.27. The molecule has 1 aromatic rings. The zero-order valence-corrected chi connectivity index (χ0v) is 17.9. The molecule has 1 aromatic carbocycles. The summed E-state index contributed by atoms with van der Waals surface area (Å²) in [7, 11) is 0. The summed E-state index contributed by atoms with van der Waals surface area (Å²) in [5.41, 5.74) is 7.60. The average molecular weight is 477 g/mol. The first-order valence-electron chi connectivity index (χ1n) is 10.4. The van der Waals surface area contributed by atoms with Gasteiger partial charge in [-0.05, 0) is 61.8 Å². The first-order chi connectivity index (χ1) is 16.0.